The molecule has 8 nitrogen and oxygen atoms in total. The molecule has 2 N–H and O–H groups in total. The van der Waals surface area contributed by atoms with Crippen LogP contribution in [0.15, 0.2) is 72.8 Å². The first-order chi connectivity index (χ1) is 21.7. The normalized spacial score (nSPS) is 17.7. The molecule has 0 aliphatic carbocycles. The topological polar surface area (TPSA) is 118 Å². The summed E-state index contributed by atoms with van der Waals surface area (Å²) in [5.41, 5.74) is 5.16. The molecule has 3 aromatic rings. The molecule has 0 saturated carbocycles. The first kappa shape index (κ1) is 34.4. The molecule has 1 saturated heterocycles. The summed E-state index contributed by atoms with van der Waals surface area (Å²) in [6, 6.07) is 24.4. The van der Waals surface area contributed by atoms with Gasteiger partial charge in [-0.3, -0.25) is 9.59 Å². The molecule has 46 heavy (non-hydrogen) atoms. The lowest BCUT2D eigenvalue weighted by molar-refractivity contribution is -0.162. The summed E-state index contributed by atoms with van der Waals surface area (Å²) >= 11 is 0. The van der Waals surface area contributed by atoms with Gasteiger partial charge in [-0.15, -0.1) is 0 Å². The standard InChI is InChI=1S/C38H45N3O5/c1-24-21-26(19-20-30(24)29-17-11-14-27(22-29)23-39)13-12-18-31(32-36(44)46-38(6,7)45-32)34(42)41-33(37(3,4)5)35(43)40-25(2)28-15-9-8-10-16-28/h8-11,14-17,19-22,25,31-33H,12-13,18H2,1-7H3,(H,40,43)(H,41,42)/t25-,31-,32+,33-/m1/s1. The fourth-order valence-electron chi connectivity index (χ4n) is 5.88. The average molecular weight is 624 g/mol. The third-order valence-electron chi connectivity index (χ3n) is 8.34. The Kier molecular flexibility index (Phi) is 10.7. The van der Waals surface area contributed by atoms with Crippen LogP contribution in [0, 0.1) is 29.6 Å². The minimum atomic E-state index is -1.15. The van der Waals surface area contributed by atoms with Crippen molar-refractivity contribution in [2.75, 3.05) is 0 Å². The van der Waals surface area contributed by atoms with E-state index in [1.54, 1.807) is 19.9 Å². The van der Waals surface area contributed by atoms with Crippen LogP contribution >= 0.6 is 0 Å². The molecule has 242 valence electrons. The van der Waals surface area contributed by atoms with Crippen LogP contribution in [0.5, 0.6) is 0 Å². The van der Waals surface area contributed by atoms with Gasteiger partial charge >= 0.3 is 5.97 Å². The Labute approximate surface area is 272 Å². The van der Waals surface area contributed by atoms with Gasteiger partial charge in [0.25, 0.3) is 0 Å². The summed E-state index contributed by atoms with van der Waals surface area (Å²) in [6.07, 6.45) is 0.544. The molecule has 0 bridgehead atoms. The lowest BCUT2D eigenvalue weighted by atomic mass is 9.84. The summed E-state index contributed by atoms with van der Waals surface area (Å²) < 4.78 is 11.4. The van der Waals surface area contributed by atoms with Crippen molar-refractivity contribution in [1.82, 2.24) is 10.6 Å². The number of cyclic esters (lactones) is 1. The highest BCUT2D eigenvalue weighted by Crippen LogP contribution is 2.32. The number of amides is 2. The Hall–Kier alpha value is -4.48. The molecule has 4 atom stereocenters. The number of carbonyl (C=O) groups is 3. The van der Waals surface area contributed by atoms with Crippen molar-refractivity contribution in [2.45, 2.75) is 91.7 Å². The van der Waals surface area contributed by atoms with Crippen molar-refractivity contribution >= 4 is 17.8 Å². The first-order valence-corrected chi connectivity index (χ1v) is 15.8. The number of nitriles is 1. The van der Waals surface area contributed by atoms with E-state index in [-0.39, 0.29) is 11.9 Å². The SMILES string of the molecule is Cc1cc(CCC[C@@H](C(=O)N[C@H](C(=O)N[C@H](C)c2ccccc2)C(C)(C)C)[C@@H]2OC(C)(C)OC2=O)ccc1-c1cccc(C#N)c1. The zero-order valence-electron chi connectivity index (χ0n) is 27.8. The van der Waals surface area contributed by atoms with Gasteiger partial charge in [-0.2, -0.15) is 5.26 Å². The average Bonchev–Trinajstić information content (AvgIpc) is 3.28. The molecule has 1 aliphatic rings. The highest BCUT2D eigenvalue weighted by atomic mass is 16.8. The smallest absolute Gasteiger partial charge is 0.338 e. The van der Waals surface area contributed by atoms with Crippen molar-refractivity contribution in [3.63, 3.8) is 0 Å². The second kappa shape index (κ2) is 14.3. The van der Waals surface area contributed by atoms with Crippen LogP contribution in [-0.4, -0.2) is 35.7 Å². The van der Waals surface area contributed by atoms with E-state index in [4.69, 9.17) is 9.47 Å². The van der Waals surface area contributed by atoms with Gasteiger partial charge in [0.1, 0.15) is 6.04 Å². The zero-order valence-corrected chi connectivity index (χ0v) is 27.8. The van der Waals surface area contributed by atoms with E-state index in [1.165, 1.54) is 0 Å². The second-order valence-electron chi connectivity index (χ2n) is 13.6. The van der Waals surface area contributed by atoms with Crippen molar-refractivity contribution in [3.8, 4) is 17.2 Å². The minimum absolute atomic E-state index is 0.259. The summed E-state index contributed by atoms with van der Waals surface area (Å²) in [7, 11) is 0. The molecule has 0 unspecified atom stereocenters. The molecule has 4 rings (SSSR count). The Morgan fingerprint density at radius 2 is 1.70 bits per heavy atom. The maximum absolute atomic E-state index is 14.0. The van der Waals surface area contributed by atoms with Gasteiger partial charge in [0.15, 0.2) is 6.10 Å². The fraction of sp³-hybridized carbons (Fsp3) is 0.421. The van der Waals surface area contributed by atoms with E-state index < -0.39 is 41.1 Å². The van der Waals surface area contributed by atoms with Crippen LogP contribution in [0.4, 0.5) is 0 Å². The number of hydrogen-bond donors (Lipinski definition) is 2. The van der Waals surface area contributed by atoms with Crippen LogP contribution in [0.1, 0.15) is 82.7 Å². The molecular formula is C38H45N3O5. The van der Waals surface area contributed by atoms with E-state index >= 15 is 0 Å². The van der Waals surface area contributed by atoms with Crippen molar-refractivity contribution < 1.29 is 23.9 Å². The third-order valence-corrected chi connectivity index (χ3v) is 8.34. The molecule has 1 aliphatic heterocycles. The van der Waals surface area contributed by atoms with Crippen LogP contribution in [-0.2, 0) is 30.3 Å². The monoisotopic (exact) mass is 623 g/mol. The Morgan fingerprint density at radius 1 is 0.978 bits per heavy atom. The number of nitrogens with zero attached hydrogens (tertiary/aromatic N) is 1. The Balaban J connectivity index is 1.49. The zero-order chi connectivity index (χ0) is 33.6. The maximum Gasteiger partial charge on any atom is 0.338 e. The van der Waals surface area contributed by atoms with Gasteiger partial charge < -0.3 is 20.1 Å². The van der Waals surface area contributed by atoms with Crippen molar-refractivity contribution in [3.05, 3.63) is 95.1 Å². The van der Waals surface area contributed by atoms with E-state index in [1.807, 2.05) is 95.3 Å². The number of esters is 1. The maximum atomic E-state index is 14.0. The predicted molar refractivity (Wildman–Crippen MR) is 177 cm³/mol. The number of nitrogens with one attached hydrogen (secondary N) is 2. The number of ether oxygens (including phenoxy) is 2. The summed E-state index contributed by atoms with van der Waals surface area (Å²) in [5.74, 6) is -3.32. The fourth-order valence-corrected chi connectivity index (χ4v) is 5.88. The quantitative estimate of drug-likeness (QED) is 0.234. The molecule has 0 radical (unpaired) electrons. The Morgan fingerprint density at radius 3 is 2.30 bits per heavy atom. The minimum Gasteiger partial charge on any atom is -0.432 e. The number of carbonyl (C=O) groups excluding carboxylic acids is 3. The Bertz CT molecular complexity index is 1600. The van der Waals surface area contributed by atoms with Crippen LogP contribution in [0.3, 0.4) is 0 Å². The first-order valence-electron chi connectivity index (χ1n) is 15.8. The number of benzene rings is 3. The lowest BCUT2D eigenvalue weighted by Crippen LogP contribution is -2.56. The molecule has 0 aromatic heterocycles. The number of rotatable bonds is 11. The van der Waals surface area contributed by atoms with E-state index in [0.717, 1.165) is 27.8 Å². The molecule has 2 amide bonds. The van der Waals surface area contributed by atoms with E-state index in [9.17, 15) is 19.6 Å². The van der Waals surface area contributed by atoms with E-state index in [2.05, 4.69) is 22.8 Å². The molecule has 0 spiro atoms. The van der Waals surface area contributed by atoms with Crippen molar-refractivity contribution in [1.29, 1.82) is 5.26 Å². The van der Waals surface area contributed by atoms with Crippen molar-refractivity contribution in [2.24, 2.45) is 11.3 Å². The number of hydrogen-bond acceptors (Lipinski definition) is 6. The summed E-state index contributed by atoms with van der Waals surface area (Å²) in [5, 5.41) is 15.3. The van der Waals surface area contributed by atoms with Crippen LogP contribution < -0.4 is 10.6 Å². The molecule has 3 aromatic carbocycles. The van der Waals surface area contributed by atoms with Gasteiger partial charge in [0.2, 0.25) is 17.6 Å². The summed E-state index contributed by atoms with van der Waals surface area (Å²) in [4.78, 5) is 40.4. The molecule has 1 heterocycles. The van der Waals surface area contributed by atoms with Gasteiger partial charge in [-0.1, -0.05) is 81.4 Å². The summed E-state index contributed by atoms with van der Waals surface area (Å²) in [6.45, 7) is 12.9. The molecule has 8 heteroatoms. The second-order valence-corrected chi connectivity index (χ2v) is 13.6. The predicted octanol–water partition coefficient (Wildman–Crippen LogP) is 6.56. The highest BCUT2D eigenvalue weighted by molar-refractivity contribution is 5.92. The van der Waals surface area contributed by atoms with Crippen LogP contribution in [0.25, 0.3) is 11.1 Å². The largest absolute Gasteiger partial charge is 0.432 e. The van der Waals surface area contributed by atoms with Gasteiger partial charge in [-0.05, 0) is 78.5 Å². The van der Waals surface area contributed by atoms with Gasteiger partial charge in [-0.25, -0.2) is 4.79 Å². The van der Waals surface area contributed by atoms with E-state index in [0.29, 0.717) is 24.8 Å². The highest BCUT2D eigenvalue weighted by Gasteiger charge is 2.48. The third kappa shape index (κ3) is 8.61. The molecule has 1 fully saturated rings. The lowest BCUT2D eigenvalue weighted by Gasteiger charge is -2.33. The molecular weight excluding hydrogens is 578 g/mol. The van der Waals surface area contributed by atoms with Gasteiger partial charge in [0.05, 0.1) is 23.6 Å². The number of aryl methyl sites for hydroxylation is 2. The van der Waals surface area contributed by atoms with Crippen LogP contribution in [0.2, 0.25) is 0 Å². The van der Waals surface area contributed by atoms with Gasteiger partial charge in [0, 0.05) is 13.8 Å².